The summed E-state index contributed by atoms with van der Waals surface area (Å²) < 4.78 is 10.6. The summed E-state index contributed by atoms with van der Waals surface area (Å²) in [6, 6.07) is 5.29. The van der Waals surface area contributed by atoms with Gasteiger partial charge in [-0.15, -0.1) is 11.3 Å². The molecule has 1 aliphatic heterocycles. The molecule has 9 heteroatoms. The summed E-state index contributed by atoms with van der Waals surface area (Å²) in [5.74, 6) is 1.06. The Balaban J connectivity index is 1.47. The molecule has 0 spiro atoms. The van der Waals surface area contributed by atoms with Crippen LogP contribution in [0.2, 0.25) is 0 Å². The van der Waals surface area contributed by atoms with Gasteiger partial charge < -0.3 is 14.1 Å². The van der Waals surface area contributed by atoms with Crippen molar-refractivity contribution in [3.8, 4) is 11.5 Å². The first-order chi connectivity index (χ1) is 12.3. The van der Waals surface area contributed by atoms with Crippen molar-refractivity contribution >= 4 is 28.2 Å². The van der Waals surface area contributed by atoms with E-state index in [2.05, 4.69) is 25.2 Å². The molecule has 0 aromatic carbocycles. The van der Waals surface area contributed by atoms with E-state index in [1.165, 1.54) is 17.7 Å². The maximum absolute atomic E-state index is 12.4. The second-order valence-electron chi connectivity index (χ2n) is 5.33. The lowest BCUT2D eigenvalue weighted by molar-refractivity contribution is 0.102. The fourth-order valence-corrected chi connectivity index (χ4v) is 3.16. The number of morpholine rings is 1. The highest BCUT2D eigenvalue weighted by atomic mass is 32.1. The summed E-state index contributed by atoms with van der Waals surface area (Å²) in [4.78, 5) is 27.2. The maximum Gasteiger partial charge on any atom is 0.276 e. The molecular weight excluding hydrogens is 342 g/mol. The third kappa shape index (κ3) is 3.52. The molecule has 0 aliphatic carbocycles. The minimum Gasteiger partial charge on any atom is -0.463 e. The molecule has 1 fully saturated rings. The molecule has 3 aromatic heterocycles. The summed E-state index contributed by atoms with van der Waals surface area (Å²) in [5.41, 5.74) is 0.980. The molecule has 0 bridgehead atoms. The summed E-state index contributed by atoms with van der Waals surface area (Å²) in [7, 11) is 0. The fraction of sp³-hybridized carbons (Fsp3) is 0.250. The number of nitrogens with zero attached hydrogens (tertiary/aromatic N) is 4. The lowest BCUT2D eigenvalue weighted by atomic mass is 10.3. The number of aromatic nitrogens is 3. The predicted molar refractivity (Wildman–Crippen MR) is 92.8 cm³/mol. The monoisotopic (exact) mass is 357 g/mol. The number of amides is 1. The Bertz CT molecular complexity index is 858. The van der Waals surface area contributed by atoms with Crippen molar-refractivity contribution in [1.29, 1.82) is 0 Å². The number of hydrogen-bond donors (Lipinski definition) is 1. The van der Waals surface area contributed by atoms with Gasteiger partial charge in [0.1, 0.15) is 23.5 Å². The first-order valence-electron chi connectivity index (χ1n) is 7.75. The smallest absolute Gasteiger partial charge is 0.276 e. The van der Waals surface area contributed by atoms with E-state index < -0.39 is 0 Å². The van der Waals surface area contributed by atoms with Crippen LogP contribution in [0.3, 0.4) is 0 Å². The Morgan fingerprint density at radius 3 is 2.96 bits per heavy atom. The van der Waals surface area contributed by atoms with Gasteiger partial charge in [-0.05, 0) is 12.1 Å². The molecule has 25 heavy (non-hydrogen) atoms. The summed E-state index contributed by atoms with van der Waals surface area (Å²) >= 11 is 1.33. The van der Waals surface area contributed by atoms with Gasteiger partial charge >= 0.3 is 0 Å². The maximum atomic E-state index is 12.4. The number of rotatable bonds is 4. The number of hydrogen-bond acceptors (Lipinski definition) is 8. The molecule has 128 valence electrons. The van der Waals surface area contributed by atoms with Crippen molar-refractivity contribution < 1.29 is 13.9 Å². The molecule has 0 radical (unpaired) electrons. The van der Waals surface area contributed by atoms with Crippen molar-refractivity contribution in [2.24, 2.45) is 0 Å². The van der Waals surface area contributed by atoms with E-state index >= 15 is 0 Å². The van der Waals surface area contributed by atoms with E-state index in [9.17, 15) is 4.79 Å². The zero-order valence-corrected chi connectivity index (χ0v) is 14.0. The highest BCUT2D eigenvalue weighted by molar-refractivity contribution is 7.14. The minimum atomic E-state index is -0.322. The van der Waals surface area contributed by atoms with E-state index in [4.69, 9.17) is 9.15 Å². The molecule has 8 nitrogen and oxygen atoms in total. The Morgan fingerprint density at radius 1 is 1.28 bits per heavy atom. The second kappa shape index (κ2) is 6.99. The van der Waals surface area contributed by atoms with E-state index in [0.717, 1.165) is 18.9 Å². The van der Waals surface area contributed by atoms with Crippen LogP contribution in [0, 0.1) is 0 Å². The number of carbonyl (C=O) groups is 1. The van der Waals surface area contributed by atoms with Crippen LogP contribution in [-0.2, 0) is 4.74 Å². The quantitative estimate of drug-likeness (QED) is 0.765. The molecule has 1 aliphatic rings. The molecule has 0 unspecified atom stereocenters. The minimum absolute atomic E-state index is 0.297. The number of anilines is 2. The van der Waals surface area contributed by atoms with Gasteiger partial charge in [-0.2, -0.15) is 0 Å². The van der Waals surface area contributed by atoms with Crippen LogP contribution >= 0.6 is 11.3 Å². The van der Waals surface area contributed by atoms with Crippen molar-refractivity contribution in [1.82, 2.24) is 15.0 Å². The zero-order valence-electron chi connectivity index (χ0n) is 13.2. The number of thiazole rings is 1. The number of furan rings is 1. The van der Waals surface area contributed by atoms with E-state index in [1.807, 2.05) is 11.4 Å². The van der Waals surface area contributed by atoms with Crippen molar-refractivity contribution in [2.45, 2.75) is 0 Å². The van der Waals surface area contributed by atoms with Crippen molar-refractivity contribution in [2.75, 3.05) is 36.5 Å². The second-order valence-corrected chi connectivity index (χ2v) is 6.19. The van der Waals surface area contributed by atoms with Gasteiger partial charge in [0.15, 0.2) is 10.9 Å². The lowest BCUT2D eigenvalue weighted by Gasteiger charge is -2.27. The van der Waals surface area contributed by atoms with Gasteiger partial charge in [-0.3, -0.25) is 10.1 Å². The van der Waals surface area contributed by atoms with Crippen LogP contribution in [0.5, 0.6) is 0 Å². The molecule has 1 amide bonds. The Kier molecular flexibility index (Phi) is 4.40. The van der Waals surface area contributed by atoms with Crippen molar-refractivity contribution in [3.63, 3.8) is 0 Å². The highest BCUT2D eigenvalue weighted by Gasteiger charge is 2.17. The van der Waals surface area contributed by atoms with Crippen LogP contribution in [0.15, 0.2) is 40.6 Å². The van der Waals surface area contributed by atoms with E-state index in [1.54, 1.807) is 18.4 Å². The molecule has 0 atom stereocenters. The van der Waals surface area contributed by atoms with E-state index in [0.29, 0.717) is 35.5 Å². The van der Waals surface area contributed by atoms with Crippen LogP contribution in [0.1, 0.15) is 10.5 Å². The summed E-state index contributed by atoms with van der Waals surface area (Å²) in [5, 5.41) is 5.08. The first kappa shape index (κ1) is 15.7. The average Bonchev–Trinajstić information content (AvgIpc) is 3.34. The van der Waals surface area contributed by atoms with Gasteiger partial charge in [-0.25, -0.2) is 15.0 Å². The SMILES string of the molecule is O=C(Nc1nc(-c2ccco2)cs1)c1cc(N2CCOCC2)ncn1. The summed E-state index contributed by atoms with van der Waals surface area (Å²) in [6.07, 6.45) is 2.98. The number of ether oxygens (including phenoxy) is 1. The Morgan fingerprint density at radius 2 is 2.16 bits per heavy atom. The van der Waals surface area contributed by atoms with Gasteiger partial charge in [-0.1, -0.05) is 0 Å². The topological polar surface area (TPSA) is 93.4 Å². The fourth-order valence-electron chi connectivity index (χ4n) is 2.47. The van der Waals surface area contributed by atoms with Gasteiger partial charge in [0.2, 0.25) is 0 Å². The molecule has 4 heterocycles. The van der Waals surface area contributed by atoms with Gasteiger partial charge in [0.25, 0.3) is 5.91 Å². The molecule has 3 aromatic rings. The molecule has 1 saturated heterocycles. The van der Waals surface area contributed by atoms with Crippen LogP contribution in [0.25, 0.3) is 11.5 Å². The standard InChI is InChI=1S/C16H15N5O3S/c22-15(20-16-19-12(9-25-16)13-2-1-5-24-13)11-8-14(18-10-17-11)21-3-6-23-7-4-21/h1-2,5,8-10H,3-4,6-7H2,(H,19,20,22). The van der Waals surface area contributed by atoms with Crippen LogP contribution in [-0.4, -0.2) is 47.2 Å². The number of carbonyl (C=O) groups excluding carboxylic acids is 1. The third-order valence-electron chi connectivity index (χ3n) is 3.72. The Hall–Kier alpha value is -2.78. The van der Waals surface area contributed by atoms with Gasteiger partial charge in [0.05, 0.1) is 19.5 Å². The van der Waals surface area contributed by atoms with Crippen LogP contribution in [0.4, 0.5) is 10.9 Å². The lowest BCUT2D eigenvalue weighted by Crippen LogP contribution is -2.37. The van der Waals surface area contributed by atoms with Gasteiger partial charge in [0, 0.05) is 24.5 Å². The predicted octanol–water partition coefficient (Wildman–Crippen LogP) is 2.28. The molecule has 0 saturated carbocycles. The van der Waals surface area contributed by atoms with Crippen molar-refractivity contribution in [3.05, 3.63) is 41.9 Å². The zero-order chi connectivity index (χ0) is 17.1. The largest absolute Gasteiger partial charge is 0.463 e. The molecular formula is C16H15N5O3S. The van der Waals surface area contributed by atoms with Crippen LogP contribution < -0.4 is 10.2 Å². The Labute approximate surface area is 147 Å². The number of nitrogens with one attached hydrogen (secondary N) is 1. The molecule has 4 rings (SSSR count). The van der Waals surface area contributed by atoms with E-state index in [-0.39, 0.29) is 5.91 Å². The third-order valence-corrected chi connectivity index (χ3v) is 4.48. The normalized spacial score (nSPS) is 14.5. The average molecular weight is 357 g/mol. The molecule has 1 N–H and O–H groups in total. The highest BCUT2D eigenvalue weighted by Crippen LogP contribution is 2.25. The first-order valence-corrected chi connectivity index (χ1v) is 8.63. The summed E-state index contributed by atoms with van der Waals surface area (Å²) in [6.45, 7) is 2.80.